The zero-order chi connectivity index (χ0) is 22.7. The van der Waals surface area contributed by atoms with Gasteiger partial charge in [-0.15, -0.1) is 0 Å². The topological polar surface area (TPSA) is 94.4 Å². The van der Waals surface area contributed by atoms with Crippen LogP contribution in [0.4, 0.5) is 18.9 Å². The third kappa shape index (κ3) is 4.92. The molecule has 1 amide bonds. The normalized spacial score (nSPS) is 22.5. The van der Waals surface area contributed by atoms with Crippen LogP contribution < -0.4 is 10.2 Å². The number of alkyl halides is 3. The monoisotopic (exact) mass is 448 g/mol. The van der Waals surface area contributed by atoms with Crippen molar-refractivity contribution in [2.75, 3.05) is 50.8 Å². The molecule has 32 heavy (non-hydrogen) atoms. The van der Waals surface area contributed by atoms with E-state index in [1.807, 2.05) is 11.0 Å². The molecule has 11 heteroatoms. The second kappa shape index (κ2) is 9.26. The first kappa shape index (κ1) is 22.2. The molecule has 0 bridgehead atoms. The van der Waals surface area contributed by atoms with Crippen LogP contribution in [-0.2, 0) is 9.53 Å². The number of nitrogens with one attached hydrogen (secondary N) is 1. The van der Waals surface area contributed by atoms with E-state index in [4.69, 9.17) is 4.74 Å². The number of carbonyl (C=O) groups is 1. The average Bonchev–Trinajstić information content (AvgIpc) is 2.78. The number of anilines is 1. The fourth-order valence-corrected chi connectivity index (χ4v) is 4.26. The maximum Gasteiger partial charge on any atom is 0.393 e. The van der Waals surface area contributed by atoms with Gasteiger partial charge in [0.2, 0.25) is 5.91 Å². The number of amides is 1. The highest BCUT2D eigenvalue weighted by Crippen LogP contribution is 2.36. The average molecular weight is 448 g/mol. The van der Waals surface area contributed by atoms with Gasteiger partial charge in [-0.05, 0) is 18.6 Å². The fraction of sp³-hybridized carbons (Fsp3) is 0.524. The summed E-state index contributed by atoms with van der Waals surface area (Å²) in [6.45, 7) is 2.38. The van der Waals surface area contributed by atoms with Gasteiger partial charge in [-0.3, -0.25) is 19.7 Å². The van der Waals surface area contributed by atoms with Crippen LogP contribution in [0.1, 0.15) is 12.0 Å². The van der Waals surface area contributed by atoms with Crippen molar-refractivity contribution in [1.82, 2.24) is 20.2 Å². The van der Waals surface area contributed by atoms with Gasteiger partial charge in [0.15, 0.2) is 0 Å². The smallest absolute Gasteiger partial charge is 0.379 e. The molecule has 2 aliphatic heterocycles. The third-order valence-electron chi connectivity index (χ3n) is 5.81. The van der Waals surface area contributed by atoms with Crippen LogP contribution in [0.3, 0.4) is 0 Å². The van der Waals surface area contributed by atoms with Gasteiger partial charge in [-0.2, -0.15) is 18.4 Å². The zero-order valence-electron chi connectivity index (χ0n) is 17.3. The first-order valence-corrected chi connectivity index (χ1v) is 10.4. The van der Waals surface area contributed by atoms with E-state index >= 15 is 0 Å². The van der Waals surface area contributed by atoms with E-state index in [0.29, 0.717) is 48.6 Å². The Labute approximate surface area is 183 Å². The molecule has 4 rings (SSSR count). The number of hydrogen-bond donors (Lipinski definition) is 1. The summed E-state index contributed by atoms with van der Waals surface area (Å²) in [5.41, 5.74) is 1.48. The number of benzene rings is 1. The third-order valence-corrected chi connectivity index (χ3v) is 5.81. The Hall–Kier alpha value is -2.97. The lowest BCUT2D eigenvalue weighted by atomic mass is 9.92. The highest BCUT2D eigenvalue weighted by Gasteiger charge is 2.45. The van der Waals surface area contributed by atoms with Gasteiger partial charge < -0.3 is 15.0 Å². The van der Waals surface area contributed by atoms with E-state index in [9.17, 15) is 23.2 Å². The molecule has 2 fully saturated rings. The number of nitriles is 1. The van der Waals surface area contributed by atoms with Gasteiger partial charge in [-0.25, -0.2) is 0 Å². The van der Waals surface area contributed by atoms with Crippen molar-refractivity contribution in [2.24, 2.45) is 5.92 Å². The van der Waals surface area contributed by atoms with Crippen LogP contribution >= 0.6 is 0 Å². The molecule has 8 nitrogen and oxygen atoms in total. The SMILES string of the molecule is N#Cc1ccc(N2C[C@@H](NC(=O)CN3CCOCC3)C[C@@H](C(F)(F)F)C2)c2nccnc12. The van der Waals surface area contributed by atoms with Crippen LogP contribution in [0.15, 0.2) is 24.5 Å². The lowest BCUT2D eigenvalue weighted by Gasteiger charge is -2.40. The number of nitrogens with zero attached hydrogens (tertiary/aromatic N) is 5. The standard InChI is InChI=1S/C21H23F3N6O2/c22-21(23,24)15-9-16(28-18(31)13-29-5-7-32-8-6-29)12-30(11-15)17-2-1-14(10-25)19-20(17)27-4-3-26-19/h1-4,15-16H,5-9,11-13H2,(H,28,31)/t15-,16+/m1/s1. The Morgan fingerprint density at radius 3 is 2.59 bits per heavy atom. The lowest BCUT2D eigenvalue weighted by Crippen LogP contribution is -2.55. The maximum absolute atomic E-state index is 13.7. The Balaban J connectivity index is 1.56. The number of ether oxygens (including phenoxy) is 1. The molecule has 170 valence electrons. The van der Waals surface area contributed by atoms with Crippen LogP contribution in [-0.4, -0.2) is 78.9 Å². The highest BCUT2D eigenvalue weighted by molar-refractivity contribution is 5.92. The minimum Gasteiger partial charge on any atom is -0.379 e. The summed E-state index contributed by atoms with van der Waals surface area (Å²) in [5, 5.41) is 12.1. The van der Waals surface area contributed by atoms with Crippen molar-refractivity contribution in [3.8, 4) is 6.07 Å². The molecule has 0 saturated carbocycles. The summed E-state index contributed by atoms with van der Waals surface area (Å²) in [4.78, 5) is 24.5. The number of carbonyl (C=O) groups excluding carboxylic acids is 1. The van der Waals surface area contributed by atoms with Gasteiger partial charge in [0.25, 0.3) is 0 Å². The maximum atomic E-state index is 13.7. The van der Waals surface area contributed by atoms with Crippen molar-refractivity contribution in [1.29, 1.82) is 5.26 Å². The molecular weight excluding hydrogens is 425 g/mol. The zero-order valence-corrected chi connectivity index (χ0v) is 17.3. The molecule has 2 atom stereocenters. The number of fused-ring (bicyclic) bond motifs is 1. The summed E-state index contributed by atoms with van der Waals surface area (Å²) in [6, 6.07) is 4.50. The number of halogens is 3. The van der Waals surface area contributed by atoms with Gasteiger partial charge in [0.1, 0.15) is 17.1 Å². The van der Waals surface area contributed by atoms with Crippen LogP contribution in [0.25, 0.3) is 11.0 Å². The van der Waals surface area contributed by atoms with E-state index in [1.54, 1.807) is 11.0 Å². The predicted octanol–water partition coefficient (Wildman–Crippen LogP) is 1.71. The minimum atomic E-state index is -4.40. The molecule has 2 aliphatic rings. The van der Waals surface area contributed by atoms with Crippen molar-refractivity contribution in [3.05, 3.63) is 30.1 Å². The van der Waals surface area contributed by atoms with Crippen molar-refractivity contribution < 1.29 is 22.7 Å². The first-order valence-electron chi connectivity index (χ1n) is 10.4. The highest BCUT2D eigenvalue weighted by atomic mass is 19.4. The Bertz CT molecular complexity index is 1020. The largest absolute Gasteiger partial charge is 0.393 e. The number of piperidine rings is 1. The van der Waals surface area contributed by atoms with Crippen LogP contribution in [0, 0.1) is 17.2 Å². The fourth-order valence-electron chi connectivity index (χ4n) is 4.26. The Morgan fingerprint density at radius 1 is 1.19 bits per heavy atom. The lowest BCUT2D eigenvalue weighted by molar-refractivity contribution is -0.178. The molecule has 0 unspecified atom stereocenters. The second-order valence-corrected chi connectivity index (χ2v) is 8.03. The van der Waals surface area contributed by atoms with E-state index < -0.39 is 18.1 Å². The van der Waals surface area contributed by atoms with Crippen molar-refractivity contribution in [3.63, 3.8) is 0 Å². The molecule has 3 heterocycles. The summed E-state index contributed by atoms with van der Waals surface area (Å²) >= 11 is 0. The second-order valence-electron chi connectivity index (χ2n) is 8.03. The molecule has 0 spiro atoms. The van der Waals surface area contributed by atoms with Gasteiger partial charge in [0, 0.05) is 44.6 Å². The number of hydrogen-bond acceptors (Lipinski definition) is 7. The van der Waals surface area contributed by atoms with E-state index in [1.165, 1.54) is 18.5 Å². The van der Waals surface area contributed by atoms with Crippen LogP contribution in [0.5, 0.6) is 0 Å². The van der Waals surface area contributed by atoms with Gasteiger partial charge in [0.05, 0.1) is 36.9 Å². The summed E-state index contributed by atoms with van der Waals surface area (Å²) in [6.07, 6.45) is -1.70. The quantitative estimate of drug-likeness (QED) is 0.761. The summed E-state index contributed by atoms with van der Waals surface area (Å²) in [5.74, 6) is -1.91. The molecule has 1 aromatic heterocycles. The van der Waals surface area contributed by atoms with Crippen LogP contribution in [0.2, 0.25) is 0 Å². The Morgan fingerprint density at radius 2 is 1.91 bits per heavy atom. The minimum absolute atomic E-state index is 0.127. The van der Waals surface area contributed by atoms with E-state index in [2.05, 4.69) is 15.3 Å². The summed E-state index contributed by atoms with van der Waals surface area (Å²) < 4.78 is 46.4. The van der Waals surface area contributed by atoms with Crippen molar-refractivity contribution >= 4 is 22.6 Å². The van der Waals surface area contributed by atoms with Crippen molar-refractivity contribution in [2.45, 2.75) is 18.6 Å². The van der Waals surface area contributed by atoms with Gasteiger partial charge in [-0.1, -0.05) is 0 Å². The molecule has 1 N–H and O–H groups in total. The van der Waals surface area contributed by atoms with E-state index in [0.717, 1.165) is 0 Å². The molecule has 0 aliphatic carbocycles. The molecule has 2 aromatic rings. The summed E-state index contributed by atoms with van der Waals surface area (Å²) in [7, 11) is 0. The Kier molecular flexibility index (Phi) is 6.43. The first-order chi connectivity index (χ1) is 15.3. The molecule has 2 saturated heterocycles. The number of rotatable bonds is 4. The van der Waals surface area contributed by atoms with E-state index in [-0.39, 0.29) is 32.0 Å². The predicted molar refractivity (Wildman–Crippen MR) is 110 cm³/mol. The molecular formula is C21H23F3N6O2. The molecule has 0 radical (unpaired) electrons. The molecule has 1 aromatic carbocycles. The van der Waals surface area contributed by atoms with Gasteiger partial charge >= 0.3 is 6.18 Å². The number of morpholine rings is 1. The number of aromatic nitrogens is 2.